The lowest BCUT2D eigenvalue weighted by Crippen LogP contribution is -2.12. The first-order valence-electron chi connectivity index (χ1n) is 9.14. The summed E-state index contributed by atoms with van der Waals surface area (Å²) in [6, 6.07) is 15.7. The molecule has 2 atom stereocenters. The average molecular weight is 356 g/mol. The van der Waals surface area contributed by atoms with Gasteiger partial charge in [0.2, 0.25) is 0 Å². The van der Waals surface area contributed by atoms with Crippen molar-refractivity contribution in [2.24, 2.45) is 0 Å². The number of aromatic hydroxyl groups is 1. The Labute approximate surface area is 155 Å². The van der Waals surface area contributed by atoms with Crippen LogP contribution in [0.15, 0.2) is 48.5 Å². The van der Waals surface area contributed by atoms with Gasteiger partial charge in [-0.2, -0.15) is 0 Å². The highest BCUT2D eigenvalue weighted by molar-refractivity contribution is 5.73. The normalized spacial score (nSPS) is 20.9. The molecule has 1 N–H and O–H groups in total. The summed E-state index contributed by atoms with van der Waals surface area (Å²) in [4.78, 5) is 0. The number of rotatable bonds is 5. The van der Waals surface area contributed by atoms with Crippen molar-refractivity contribution >= 4 is 0 Å². The molecule has 2 fully saturated rings. The van der Waals surface area contributed by atoms with Crippen LogP contribution in [-0.2, 0) is 19.6 Å². The van der Waals surface area contributed by atoms with Gasteiger partial charge in [0, 0.05) is 5.56 Å². The Morgan fingerprint density at radius 3 is 1.88 bits per heavy atom. The largest absolute Gasteiger partial charge is 0.507 e. The molecule has 2 aromatic rings. The minimum absolute atomic E-state index is 0.0683. The van der Waals surface area contributed by atoms with Gasteiger partial charge in [0.15, 0.2) is 0 Å². The highest BCUT2D eigenvalue weighted by atomic mass is 16.6. The zero-order chi connectivity index (χ0) is 18.6. The van der Waals surface area contributed by atoms with Gasteiger partial charge >= 0.3 is 0 Å². The molecule has 2 aromatic carbocycles. The molecule has 2 aliphatic heterocycles. The third-order valence-electron chi connectivity index (χ3n) is 4.34. The van der Waals surface area contributed by atoms with Gasteiger partial charge in [0.05, 0.1) is 26.4 Å². The molecule has 0 spiro atoms. The quantitative estimate of drug-likeness (QED) is 0.818. The van der Waals surface area contributed by atoms with Crippen molar-refractivity contribution < 1.29 is 19.3 Å². The smallest absolute Gasteiger partial charge is 0.123 e. The van der Waals surface area contributed by atoms with Crippen molar-refractivity contribution in [3.8, 4) is 16.9 Å². The topological polar surface area (TPSA) is 54.5 Å². The van der Waals surface area contributed by atoms with Crippen LogP contribution in [0.4, 0.5) is 0 Å². The van der Waals surface area contributed by atoms with E-state index >= 15 is 0 Å². The Balaban J connectivity index is 0.000000181. The number of phenols is 1. The third-order valence-corrected chi connectivity index (χ3v) is 4.34. The van der Waals surface area contributed by atoms with E-state index in [1.807, 2.05) is 30.3 Å². The summed E-state index contributed by atoms with van der Waals surface area (Å²) in [6.07, 6.45) is 0.785. The van der Waals surface area contributed by atoms with Crippen molar-refractivity contribution in [2.45, 2.75) is 38.4 Å². The molecular weight excluding hydrogens is 328 g/mol. The maximum absolute atomic E-state index is 9.95. The number of ether oxygens (including phenoxy) is 3. The molecule has 0 amide bonds. The molecule has 2 aliphatic rings. The Kier molecular flexibility index (Phi) is 5.97. The van der Waals surface area contributed by atoms with Crippen LogP contribution in [0.2, 0.25) is 0 Å². The number of hydrogen-bond donors (Lipinski definition) is 1. The second-order valence-electron chi connectivity index (χ2n) is 7.76. The second kappa shape index (κ2) is 8.21. The van der Waals surface area contributed by atoms with Crippen molar-refractivity contribution in [1.29, 1.82) is 0 Å². The van der Waals surface area contributed by atoms with Crippen LogP contribution in [0.5, 0.6) is 5.75 Å². The first kappa shape index (κ1) is 18.9. The zero-order valence-electron chi connectivity index (χ0n) is 15.8. The number of para-hydroxylation sites is 1. The highest BCUT2D eigenvalue weighted by Crippen LogP contribution is 2.36. The molecule has 4 heteroatoms. The van der Waals surface area contributed by atoms with Crippen LogP contribution in [0.25, 0.3) is 11.1 Å². The predicted octanol–water partition coefficient (Wildman–Crippen LogP) is 4.16. The van der Waals surface area contributed by atoms with E-state index in [0.717, 1.165) is 37.6 Å². The summed E-state index contributed by atoms with van der Waals surface area (Å²) < 4.78 is 15.1. The fourth-order valence-electron chi connectivity index (χ4n) is 2.73. The Hall–Kier alpha value is -1.88. The lowest BCUT2D eigenvalue weighted by Gasteiger charge is -2.23. The van der Waals surface area contributed by atoms with Gasteiger partial charge in [0.1, 0.15) is 18.0 Å². The molecule has 4 rings (SSSR count). The Morgan fingerprint density at radius 1 is 0.885 bits per heavy atom. The molecule has 140 valence electrons. The predicted molar refractivity (Wildman–Crippen MR) is 103 cm³/mol. The molecular formula is C22H28O4. The van der Waals surface area contributed by atoms with Crippen molar-refractivity contribution in [2.75, 3.05) is 26.4 Å². The lowest BCUT2D eigenvalue weighted by atomic mass is 9.82. The minimum Gasteiger partial charge on any atom is -0.507 e. The molecule has 0 bridgehead atoms. The zero-order valence-corrected chi connectivity index (χ0v) is 15.8. The van der Waals surface area contributed by atoms with Gasteiger partial charge in [-0.05, 0) is 22.6 Å². The van der Waals surface area contributed by atoms with Gasteiger partial charge in [0.25, 0.3) is 0 Å². The number of phenolic OH excluding ortho intramolecular Hbond substituents is 1. The SMILES string of the molecule is C(OCC1CO1)C1CO1.CC(C)(C)c1ccccc1-c1ccccc1O. The lowest BCUT2D eigenvalue weighted by molar-refractivity contribution is 0.102. The van der Waals surface area contributed by atoms with Crippen LogP contribution in [0.1, 0.15) is 26.3 Å². The fourth-order valence-corrected chi connectivity index (χ4v) is 2.73. The number of epoxide rings is 2. The van der Waals surface area contributed by atoms with E-state index < -0.39 is 0 Å². The number of hydrogen-bond acceptors (Lipinski definition) is 4. The van der Waals surface area contributed by atoms with E-state index in [-0.39, 0.29) is 5.41 Å². The van der Waals surface area contributed by atoms with Crippen LogP contribution in [0, 0.1) is 0 Å². The molecule has 4 nitrogen and oxygen atoms in total. The monoisotopic (exact) mass is 356 g/mol. The molecule has 0 aliphatic carbocycles. The van der Waals surface area contributed by atoms with E-state index in [2.05, 4.69) is 32.9 Å². The minimum atomic E-state index is 0.0683. The van der Waals surface area contributed by atoms with E-state index in [1.54, 1.807) is 6.07 Å². The van der Waals surface area contributed by atoms with E-state index in [0.29, 0.717) is 18.0 Å². The second-order valence-corrected chi connectivity index (χ2v) is 7.76. The fraction of sp³-hybridized carbons (Fsp3) is 0.455. The summed E-state index contributed by atoms with van der Waals surface area (Å²) in [5.41, 5.74) is 3.33. The molecule has 0 saturated carbocycles. The van der Waals surface area contributed by atoms with Gasteiger partial charge in [-0.3, -0.25) is 0 Å². The molecule has 2 heterocycles. The molecule has 0 radical (unpaired) electrons. The standard InChI is InChI=1S/C16H18O.C6H10O3/c1-16(2,3)14-10-6-4-8-12(14)13-9-5-7-11-15(13)17;1(5-3-8-5)7-2-6-4-9-6/h4-11,17H,1-3H3;5-6H,1-4H2. The molecule has 26 heavy (non-hydrogen) atoms. The summed E-state index contributed by atoms with van der Waals surface area (Å²) >= 11 is 0. The number of benzene rings is 2. The summed E-state index contributed by atoms with van der Waals surface area (Å²) in [5, 5.41) is 9.95. The third kappa shape index (κ3) is 5.56. The van der Waals surface area contributed by atoms with Crippen LogP contribution < -0.4 is 0 Å². The van der Waals surface area contributed by atoms with Crippen LogP contribution in [-0.4, -0.2) is 43.7 Å². The summed E-state index contributed by atoms with van der Waals surface area (Å²) in [5.74, 6) is 0.337. The Morgan fingerprint density at radius 2 is 1.38 bits per heavy atom. The average Bonchev–Trinajstić information content (AvgIpc) is 3.51. The van der Waals surface area contributed by atoms with Gasteiger partial charge in [-0.1, -0.05) is 63.2 Å². The molecule has 2 unspecified atom stereocenters. The van der Waals surface area contributed by atoms with Gasteiger partial charge in [-0.15, -0.1) is 0 Å². The van der Waals surface area contributed by atoms with Gasteiger partial charge in [-0.25, -0.2) is 0 Å². The maximum atomic E-state index is 9.95. The highest BCUT2D eigenvalue weighted by Gasteiger charge is 2.26. The van der Waals surface area contributed by atoms with Gasteiger partial charge < -0.3 is 19.3 Å². The van der Waals surface area contributed by atoms with Crippen molar-refractivity contribution in [1.82, 2.24) is 0 Å². The molecule has 0 aromatic heterocycles. The van der Waals surface area contributed by atoms with E-state index in [9.17, 15) is 5.11 Å². The van der Waals surface area contributed by atoms with E-state index in [4.69, 9.17) is 14.2 Å². The maximum Gasteiger partial charge on any atom is 0.123 e. The van der Waals surface area contributed by atoms with Crippen LogP contribution in [0.3, 0.4) is 0 Å². The summed E-state index contributed by atoms with van der Waals surface area (Å²) in [7, 11) is 0. The van der Waals surface area contributed by atoms with Crippen molar-refractivity contribution in [3.05, 3.63) is 54.1 Å². The van der Waals surface area contributed by atoms with Crippen LogP contribution >= 0.6 is 0 Å². The van der Waals surface area contributed by atoms with E-state index in [1.165, 1.54) is 5.56 Å². The molecule has 2 saturated heterocycles. The summed E-state index contributed by atoms with van der Waals surface area (Å²) in [6.45, 7) is 9.82. The Bertz CT molecular complexity index is 700. The van der Waals surface area contributed by atoms with Crippen molar-refractivity contribution in [3.63, 3.8) is 0 Å². The first-order valence-corrected chi connectivity index (χ1v) is 9.14. The first-order chi connectivity index (χ1) is 12.4.